The van der Waals surface area contributed by atoms with Crippen LogP contribution in [0, 0.1) is 20.8 Å². The zero-order valence-corrected chi connectivity index (χ0v) is 13.4. The Balaban J connectivity index is 2.60. The van der Waals surface area contributed by atoms with E-state index in [9.17, 15) is 4.79 Å². The fourth-order valence-electron chi connectivity index (χ4n) is 1.44. The molecule has 0 aliphatic rings. The Hall–Kier alpha value is -1.10. The first kappa shape index (κ1) is 16.0. The molecule has 1 N–H and O–H groups in total. The van der Waals surface area contributed by atoms with E-state index in [1.807, 2.05) is 34.6 Å². The fraction of sp³-hybridized carbons (Fsp3) is 0.643. The number of rotatable bonds is 5. The van der Waals surface area contributed by atoms with Crippen LogP contribution < -0.4 is 5.32 Å². The van der Waals surface area contributed by atoms with Gasteiger partial charge in [-0.05, 0) is 46.6 Å². The highest BCUT2D eigenvalue weighted by Crippen LogP contribution is 2.17. The maximum atomic E-state index is 11.8. The maximum Gasteiger partial charge on any atom is 0.230 e. The molecule has 0 bridgehead atoms. The summed E-state index contributed by atoms with van der Waals surface area (Å²) in [6, 6.07) is 0. The summed E-state index contributed by atoms with van der Waals surface area (Å²) in [5.41, 5.74) is 2.91. The lowest BCUT2D eigenvalue weighted by Gasteiger charge is -2.24. The van der Waals surface area contributed by atoms with Crippen molar-refractivity contribution in [3.8, 4) is 0 Å². The van der Waals surface area contributed by atoms with Crippen LogP contribution in [-0.4, -0.2) is 27.2 Å². The second-order valence-electron chi connectivity index (χ2n) is 5.38. The van der Waals surface area contributed by atoms with E-state index in [4.69, 9.17) is 0 Å². The normalized spacial score (nSPS) is 11.5. The SMILES string of the molecule is CCC(C)(C)NC(=O)CSc1nc(C)c(C)c(C)n1. The summed E-state index contributed by atoms with van der Waals surface area (Å²) in [7, 11) is 0. The van der Waals surface area contributed by atoms with E-state index in [1.165, 1.54) is 11.8 Å². The zero-order chi connectivity index (χ0) is 14.6. The van der Waals surface area contributed by atoms with Crippen molar-refractivity contribution in [2.75, 3.05) is 5.75 Å². The molecule has 1 aromatic heterocycles. The summed E-state index contributed by atoms with van der Waals surface area (Å²) in [5.74, 6) is 0.377. The Kier molecular flexibility index (Phi) is 5.35. The van der Waals surface area contributed by atoms with Gasteiger partial charge in [0.2, 0.25) is 5.91 Å². The summed E-state index contributed by atoms with van der Waals surface area (Å²) in [6.45, 7) is 12.0. The first-order valence-electron chi connectivity index (χ1n) is 6.51. The lowest BCUT2D eigenvalue weighted by Crippen LogP contribution is -2.43. The maximum absolute atomic E-state index is 11.8. The molecular weight excluding hydrogens is 258 g/mol. The molecule has 0 radical (unpaired) electrons. The number of carbonyl (C=O) groups is 1. The molecule has 4 nitrogen and oxygen atoms in total. The van der Waals surface area contributed by atoms with Gasteiger partial charge in [0, 0.05) is 16.9 Å². The minimum Gasteiger partial charge on any atom is -0.351 e. The number of nitrogens with one attached hydrogen (secondary N) is 1. The number of nitrogens with zero attached hydrogens (tertiary/aromatic N) is 2. The van der Waals surface area contributed by atoms with Gasteiger partial charge in [0.1, 0.15) is 0 Å². The number of hydrogen-bond acceptors (Lipinski definition) is 4. The molecule has 19 heavy (non-hydrogen) atoms. The van der Waals surface area contributed by atoms with Crippen LogP contribution in [0.5, 0.6) is 0 Å². The van der Waals surface area contributed by atoms with E-state index in [0.717, 1.165) is 23.4 Å². The zero-order valence-electron chi connectivity index (χ0n) is 12.6. The molecule has 0 saturated carbocycles. The van der Waals surface area contributed by atoms with Gasteiger partial charge < -0.3 is 5.32 Å². The van der Waals surface area contributed by atoms with E-state index in [2.05, 4.69) is 22.2 Å². The highest BCUT2D eigenvalue weighted by Gasteiger charge is 2.18. The van der Waals surface area contributed by atoms with Gasteiger partial charge in [-0.25, -0.2) is 9.97 Å². The van der Waals surface area contributed by atoms with Crippen molar-refractivity contribution in [3.05, 3.63) is 17.0 Å². The first-order chi connectivity index (χ1) is 8.75. The minimum atomic E-state index is -0.155. The average Bonchev–Trinajstić information content (AvgIpc) is 2.32. The van der Waals surface area contributed by atoms with Gasteiger partial charge in [-0.3, -0.25) is 4.79 Å². The molecule has 1 aromatic rings. The van der Waals surface area contributed by atoms with Crippen LogP contribution in [0.4, 0.5) is 0 Å². The molecular formula is C14H23N3OS. The van der Waals surface area contributed by atoms with E-state index in [0.29, 0.717) is 10.9 Å². The van der Waals surface area contributed by atoms with Crippen LogP contribution in [0.2, 0.25) is 0 Å². The van der Waals surface area contributed by atoms with Gasteiger partial charge in [-0.15, -0.1) is 0 Å². The molecule has 0 aliphatic carbocycles. The van der Waals surface area contributed by atoms with E-state index >= 15 is 0 Å². The quantitative estimate of drug-likeness (QED) is 0.666. The molecule has 1 amide bonds. The lowest BCUT2D eigenvalue weighted by molar-refractivity contribution is -0.120. The first-order valence-corrected chi connectivity index (χ1v) is 7.49. The summed E-state index contributed by atoms with van der Waals surface area (Å²) in [6.07, 6.45) is 0.905. The van der Waals surface area contributed by atoms with Gasteiger partial charge in [0.25, 0.3) is 0 Å². The standard InChI is InChI=1S/C14H23N3OS/c1-7-14(5,6)17-12(18)8-19-13-15-10(3)9(2)11(4)16-13/h7-8H2,1-6H3,(H,17,18). The van der Waals surface area contributed by atoms with Crippen LogP contribution >= 0.6 is 11.8 Å². The number of hydrogen-bond donors (Lipinski definition) is 1. The molecule has 0 atom stereocenters. The molecule has 0 fully saturated rings. The molecule has 106 valence electrons. The Labute approximate surface area is 119 Å². The van der Waals surface area contributed by atoms with Crippen molar-refractivity contribution in [2.45, 2.75) is 58.7 Å². The van der Waals surface area contributed by atoms with Gasteiger partial charge in [-0.2, -0.15) is 0 Å². The molecule has 0 spiro atoms. The third-order valence-electron chi connectivity index (χ3n) is 3.31. The number of aromatic nitrogens is 2. The molecule has 0 unspecified atom stereocenters. The monoisotopic (exact) mass is 281 g/mol. The Morgan fingerprint density at radius 1 is 1.21 bits per heavy atom. The summed E-state index contributed by atoms with van der Waals surface area (Å²) >= 11 is 1.38. The summed E-state index contributed by atoms with van der Waals surface area (Å²) in [5, 5.41) is 3.67. The molecule has 5 heteroatoms. The molecule has 0 saturated heterocycles. The third-order valence-corrected chi connectivity index (χ3v) is 4.15. The Morgan fingerprint density at radius 2 is 1.74 bits per heavy atom. The summed E-state index contributed by atoms with van der Waals surface area (Å²) < 4.78 is 0. The molecule has 0 aromatic carbocycles. The number of aryl methyl sites for hydroxylation is 2. The van der Waals surface area contributed by atoms with Crippen LogP contribution in [0.3, 0.4) is 0 Å². The van der Waals surface area contributed by atoms with Crippen molar-refractivity contribution in [1.29, 1.82) is 0 Å². The highest BCUT2D eigenvalue weighted by molar-refractivity contribution is 7.99. The van der Waals surface area contributed by atoms with Crippen molar-refractivity contribution >= 4 is 17.7 Å². The molecule has 0 aliphatic heterocycles. The smallest absolute Gasteiger partial charge is 0.230 e. The van der Waals surface area contributed by atoms with Gasteiger partial charge in [-0.1, -0.05) is 18.7 Å². The second-order valence-corrected chi connectivity index (χ2v) is 6.32. The highest BCUT2D eigenvalue weighted by atomic mass is 32.2. The molecule has 1 rings (SSSR count). The van der Waals surface area contributed by atoms with Crippen molar-refractivity contribution in [3.63, 3.8) is 0 Å². The fourth-order valence-corrected chi connectivity index (χ4v) is 2.17. The van der Waals surface area contributed by atoms with Gasteiger partial charge in [0.05, 0.1) is 5.75 Å². The summed E-state index contributed by atoms with van der Waals surface area (Å²) in [4.78, 5) is 20.6. The predicted molar refractivity (Wildman–Crippen MR) is 79.5 cm³/mol. The number of amides is 1. The largest absolute Gasteiger partial charge is 0.351 e. The Bertz CT molecular complexity index is 449. The number of carbonyl (C=O) groups excluding carboxylic acids is 1. The van der Waals surface area contributed by atoms with Crippen LogP contribution in [0.25, 0.3) is 0 Å². The predicted octanol–water partition coefficient (Wildman–Crippen LogP) is 2.80. The third kappa shape index (κ3) is 4.82. The minimum absolute atomic E-state index is 0.0244. The van der Waals surface area contributed by atoms with E-state index < -0.39 is 0 Å². The van der Waals surface area contributed by atoms with Crippen molar-refractivity contribution < 1.29 is 4.79 Å². The number of thioether (sulfide) groups is 1. The Morgan fingerprint density at radius 3 is 2.21 bits per heavy atom. The molecule has 1 heterocycles. The van der Waals surface area contributed by atoms with Crippen LogP contribution in [-0.2, 0) is 4.79 Å². The topological polar surface area (TPSA) is 54.9 Å². The van der Waals surface area contributed by atoms with Gasteiger partial charge in [0.15, 0.2) is 5.16 Å². The van der Waals surface area contributed by atoms with Crippen molar-refractivity contribution in [1.82, 2.24) is 15.3 Å². The van der Waals surface area contributed by atoms with E-state index in [1.54, 1.807) is 0 Å². The van der Waals surface area contributed by atoms with Crippen LogP contribution in [0.1, 0.15) is 44.1 Å². The second kappa shape index (κ2) is 6.37. The van der Waals surface area contributed by atoms with Crippen LogP contribution in [0.15, 0.2) is 5.16 Å². The van der Waals surface area contributed by atoms with Crippen molar-refractivity contribution in [2.24, 2.45) is 0 Å². The average molecular weight is 281 g/mol. The lowest BCUT2D eigenvalue weighted by atomic mass is 10.0. The van der Waals surface area contributed by atoms with Gasteiger partial charge >= 0.3 is 0 Å². The van der Waals surface area contributed by atoms with E-state index in [-0.39, 0.29) is 11.4 Å².